The van der Waals surface area contributed by atoms with Gasteiger partial charge in [-0.1, -0.05) is 23.7 Å². The number of nitrogens with zero attached hydrogens (tertiary/aromatic N) is 1. The Morgan fingerprint density at radius 2 is 1.88 bits per heavy atom. The minimum absolute atomic E-state index is 0.831. The maximum atomic E-state index is 6.03. The summed E-state index contributed by atoms with van der Waals surface area (Å²) in [5.74, 6) is 0. The maximum Gasteiger partial charge on any atom is 0.0479 e. The van der Waals surface area contributed by atoms with Gasteiger partial charge in [0.25, 0.3) is 0 Å². The predicted molar refractivity (Wildman–Crippen MR) is 65.9 cm³/mol. The molecule has 0 radical (unpaired) electrons. The van der Waals surface area contributed by atoms with Crippen LogP contribution in [0.1, 0.15) is 22.4 Å². The molecule has 1 aliphatic carbocycles. The second-order valence-corrected chi connectivity index (χ2v) is 4.64. The summed E-state index contributed by atoms with van der Waals surface area (Å²) in [6.07, 6.45) is 4.94. The lowest BCUT2D eigenvalue weighted by molar-refractivity contribution is 0.952. The number of halogens is 1. The third-order valence-electron chi connectivity index (χ3n) is 3.17. The molecule has 0 spiro atoms. The zero-order valence-corrected chi connectivity index (χ0v) is 9.67. The number of hydrogen-bond donors (Lipinski definition) is 0. The molecule has 0 saturated carbocycles. The second-order valence-electron chi connectivity index (χ2n) is 4.20. The topological polar surface area (TPSA) is 12.9 Å². The quantitative estimate of drug-likeness (QED) is 0.675. The monoisotopic (exact) mass is 229 g/mol. The van der Waals surface area contributed by atoms with Gasteiger partial charge in [0.15, 0.2) is 0 Å². The molecule has 0 aliphatic heterocycles. The molecular weight excluding hydrogens is 218 g/mol. The lowest BCUT2D eigenvalue weighted by Crippen LogP contribution is -1.95. The number of aryl methyl sites for hydroxylation is 2. The van der Waals surface area contributed by atoms with Crippen molar-refractivity contribution in [3.05, 3.63) is 63.9 Å². The molecule has 2 aromatic rings. The molecule has 1 aliphatic rings. The largest absolute Gasteiger partial charge is 0.261 e. The van der Waals surface area contributed by atoms with Gasteiger partial charge in [-0.05, 0) is 47.7 Å². The molecular formula is C14H12ClN. The third-order valence-corrected chi connectivity index (χ3v) is 3.41. The van der Waals surface area contributed by atoms with Crippen LogP contribution in [-0.4, -0.2) is 4.98 Å². The van der Waals surface area contributed by atoms with Gasteiger partial charge in [-0.15, -0.1) is 0 Å². The summed E-state index contributed by atoms with van der Waals surface area (Å²) < 4.78 is 0. The van der Waals surface area contributed by atoms with Crippen molar-refractivity contribution >= 4 is 11.6 Å². The normalized spacial score (nSPS) is 13.8. The molecule has 0 bridgehead atoms. The molecule has 16 heavy (non-hydrogen) atoms. The van der Waals surface area contributed by atoms with Gasteiger partial charge in [0.1, 0.15) is 0 Å². The fourth-order valence-electron chi connectivity index (χ4n) is 2.31. The van der Waals surface area contributed by atoms with E-state index in [1.54, 1.807) is 0 Å². The molecule has 0 N–H and O–H groups in total. The van der Waals surface area contributed by atoms with E-state index >= 15 is 0 Å². The molecule has 1 aromatic carbocycles. The summed E-state index contributed by atoms with van der Waals surface area (Å²) >= 11 is 6.03. The average molecular weight is 230 g/mol. The van der Waals surface area contributed by atoms with E-state index in [2.05, 4.69) is 23.2 Å². The van der Waals surface area contributed by atoms with E-state index in [4.69, 9.17) is 11.6 Å². The first-order valence-corrected chi connectivity index (χ1v) is 5.91. The Balaban J connectivity index is 2.08. The van der Waals surface area contributed by atoms with Crippen LogP contribution < -0.4 is 0 Å². The van der Waals surface area contributed by atoms with Crippen molar-refractivity contribution in [3.8, 4) is 0 Å². The molecule has 0 amide bonds. The number of benzene rings is 1. The molecule has 3 rings (SSSR count). The molecule has 1 nitrogen and oxygen atoms in total. The third kappa shape index (κ3) is 1.72. The van der Waals surface area contributed by atoms with Gasteiger partial charge in [-0.25, -0.2) is 0 Å². The number of aromatic nitrogens is 1. The lowest BCUT2D eigenvalue weighted by Gasteiger charge is -2.05. The summed E-state index contributed by atoms with van der Waals surface area (Å²) in [6.45, 7) is 0. The molecule has 80 valence electrons. The fraction of sp³-hybridized carbons (Fsp3) is 0.214. The van der Waals surface area contributed by atoms with Gasteiger partial charge in [0.2, 0.25) is 0 Å². The first kappa shape index (κ1) is 9.86. The molecule has 1 aromatic heterocycles. The van der Waals surface area contributed by atoms with Gasteiger partial charge in [0, 0.05) is 23.3 Å². The standard InChI is InChI=1S/C14H12ClN/c15-13-6-5-12-9-14-10(2-1-7-16-14)3-4-11(12)8-13/h1-2,5-8H,3-4,9H2. The van der Waals surface area contributed by atoms with Crippen LogP contribution in [0.15, 0.2) is 36.5 Å². The van der Waals surface area contributed by atoms with Crippen molar-refractivity contribution in [1.29, 1.82) is 0 Å². The van der Waals surface area contributed by atoms with Crippen molar-refractivity contribution in [2.45, 2.75) is 19.3 Å². The second kappa shape index (κ2) is 3.91. The first-order valence-electron chi connectivity index (χ1n) is 5.53. The fourth-order valence-corrected chi connectivity index (χ4v) is 2.50. The Kier molecular flexibility index (Phi) is 2.41. The predicted octanol–water partition coefficient (Wildman–Crippen LogP) is 3.42. The van der Waals surface area contributed by atoms with Gasteiger partial charge >= 0.3 is 0 Å². The molecule has 0 unspecified atom stereocenters. The molecule has 0 atom stereocenters. The molecule has 2 heteroatoms. The van der Waals surface area contributed by atoms with E-state index < -0.39 is 0 Å². The zero-order chi connectivity index (χ0) is 11.0. The van der Waals surface area contributed by atoms with Crippen molar-refractivity contribution < 1.29 is 0 Å². The Labute approximate surface area is 100 Å². The molecule has 1 heterocycles. The van der Waals surface area contributed by atoms with E-state index in [-0.39, 0.29) is 0 Å². The van der Waals surface area contributed by atoms with Crippen molar-refractivity contribution in [1.82, 2.24) is 4.98 Å². The van der Waals surface area contributed by atoms with Crippen LogP contribution in [0.3, 0.4) is 0 Å². The van der Waals surface area contributed by atoms with Crippen molar-refractivity contribution in [2.24, 2.45) is 0 Å². The molecule has 0 fully saturated rings. The first-order chi connectivity index (χ1) is 7.83. The van der Waals surface area contributed by atoms with Gasteiger partial charge in [-0.3, -0.25) is 4.98 Å². The van der Waals surface area contributed by atoms with E-state index in [1.807, 2.05) is 18.3 Å². The maximum absolute atomic E-state index is 6.03. The summed E-state index contributed by atoms with van der Waals surface area (Å²) in [7, 11) is 0. The van der Waals surface area contributed by atoms with Crippen molar-refractivity contribution in [2.75, 3.05) is 0 Å². The van der Waals surface area contributed by atoms with E-state index in [0.717, 1.165) is 24.3 Å². The van der Waals surface area contributed by atoms with Crippen LogP contribution in [0, 0.1) is 0 Å². The Morgan fingerprint density at radius 3 is 2.81 bits per heavy atom. The minimum Gasteiger partial charge on any atom is -0.261 e. The Morgan fingerprint density at radius 1 is 1.00 bits per heavy atom. The van der Waals surface area contributed by atoms with E-state index in [9.17, 15) is 0 Å². The SMILES string of the molecule is Clc1ccc2c(c1)CCc1cccnc1C2. The minimum atomic E-state index is 0.831. The summed E-state index contributed by atoms with van der Waals surface area (Å²) in [6, 6.07) is 10.4. The zero-order valence-electron chi connectivity index (χ0n) is 8.91. The van der Waals surface area contributed by atoms with Crippen LogP contribution in [0.2, 0.25) is 5.02 Å². The number of fused-ring (bicyclic) bond motifs is 2. The highest BCUT2D eigenvalue weighted by Gasteiger charge is 2.13. The summed E-state index contributed by atoms with van der Waals surface area (Å²) in [4.78, 5) is 4.47. The van der Waals surface area contributed by atoms with E-state index in [1.165, 1.54) is 22.4 Å². The smallest absolute Gasteiger partial charge is 0.0479 e. The Bertz CT molecular complexity index is 534. The van der Waals surface area contributed by atoms with Crippen LogP contribution in [-0.2, 0) is 19.3 Å². The van der Waals surface area contributed by atoms with Crippen LogP contribution >= 0.6 is 11.6 Å². The van der Waals surface area contributed by atoms with Crippen LogP contribution in [0.4, 0.5) is 0 Å². The average Bonchev–Trinajstić information content (AvgIpc) is 2.48. The highest BCUT2D eigenvalue weighted by Crippen LogP contribution is 2.25. The van der Waals surface area contributed by atoms with E-state index in [0.29, 0.717) is 0 Å². The van der Waals surface area contributed by atoms with Crippen molar-refractivity contribution in [3.63, 3.8) is 0 Å². The number of rotatable bonds is 0. The van der Waals surface area contributed by atoms with Crippen LogP contribution in [0.25, 0.3) is 0 Å². The van der Waals surface area contributed by atoms with Gasteiger partial charge in [0.05, 0.1) is 0 Å². The highest BCUT2D eigenvalue weighted by molar-refractivity contribution is 6.30. The van der Waals surface area contributed by atoms with Gasteiger partial charge in [-0.2, -0.15) is 0 Å². The summed E-state index contributed by atoms with van der Waals surface area (Å²) in [5, 5.41) is 0.831. The van der Waals surface area contributed by atoms with Gasteiger partial charge < -0.3 is 0 Å². The number of pyridine rings is 1. The molecule has 0 saturated heterocycles. The highest BCUT2D eigenvalue weighted by atomic mass is 35.5. The Hall–Kier alpha value is -1.34. The lowest BCUT2D eigenvalue weighted by atomic mass is 10.0. The number of hydrogen-bond acceptors (Lipinski definition) is 1. The summed E-state index contributed by atoms with van der Waals surface area (Å²) in [5.41, 5.74) is 5.31. The van der Waals surface area contributed by atoms with Crippen LogP contribution in [0.5, 0.6) is 0 Å².